The van der Waals surface area contributed by atoms with E-state index in [0.717, 1.165) is 12.8 Å². The number of halogens is 1. The third-order valence-corrected chi connectivity index (χ3v) is 2.44. The van der Waals surface area contributed by atoms with Crippen molar-refractivity contribution in [2.24, 2.45) is 5.92 Å². The van der Waals surface area contributed by atoms with Crippen LogP contribution in [-0.2, 0) is 4.79 Å². The lowest BCUT2D eigenvalue weighted by molar-refractivity contribution is -0.117. The van der Waals surface area contributed by atoms with Gasteiger partial charge in [0.25, 0.3) is 0 Å². The fourth-order valence-electron chi connectivity index (χ4n) is 1.19. The van der Waals surface area contributed by atoms with Crippen molar-refractivity contribution in [2.75, 3.05) is 5.32 Å². The predicted molar refractivity (Wildman–Crippen MR) is 55.0 cm³/mol. The lowest BCUT2D eigenvalue weighted by Gasteiger charge is -2.05. The second-order valence-electron chi connectivity index (χ2n) is 3.43. The Hall–Kier alpha value is -1.03. The largest absolute Gasteiger partial charge is 0.323 e. The van der Waals surface area contributed by atoms with Crippen molar-refractivity contribution in [3.63, 3.8) is 0 Å². The van der Waals surface area contributed by atoms with Gasteiger partial charge in [0.1, 0.15) is 5.82 Å². The quantitative estimate of drug-likeness (QED) is 0.723. The van der Waals surface area contributed by atoms with E-state index in [9.17, 15) is 9.18 Å². The van der Waals surface area contributed by atoms with Gasteiger partial charge in [-0.2, -0.15) is 0 Å². The Morgan fingerprint density at radius 3 is 2.79 bits per heavy atom. The van der Waals surface area contributed by atoms with Gasteiger partial charge in [-0.1, -0.05) is 0 Å². The van der Waals surface area contributed by atoms with Crippen molar-refractivity contribution in [1.29, 1.82) is 0 Å². The van der Waals surface area contributed by atoms with Gasteiger partial charge in [-0.15, -0.1) is 12.6 Å². The summed E-state index contributed by atoms with van der Waals surface area (Å²) in [5.41, 5.74) is 0.236. The standard InChI is InChI=1S/C10H10FNOS/c11-8-5-7(14)3-4-9(8)12-10(13)6-1-2-6/h3-6,14H,1-2H2,(H,12,13). The van der Waals surface area contributed by atoms with Gasteiger partial charge in [-0.05, 0) is 31.0 Å². The highest BCUT2D eigenvalue weighted by Crippen LogP contribution is 2.30. The number of rotatable bonds is 2. The van der Waals surface area contributed by atoms with Crippen LogP contribution >= 0.6 is 12.6 Å². The highest BCUT2D eigenvalue weighted by atomic mass is 32.1. The van der Waals surface area contributed by atoms with Crippen LogP contribution in [0.4, 0.5) is 10.1 Å². The third kappa shape index (κ3) is 2.07. The number of hydrogen-bond donors (Lipinski definition) is 2. The van der Waals surface area contributed by atoms with Crippen LogP contribution in [0.25, 0.3) is 0 Å². The van der Waals surface area contributed by atoms with Crippen LogP contribution in [0.15, 0.2) is 23.1 Å². The minimum Gasteiger partial charge on any atom is -0.323 e. The number of amides is 1. The molecular formula is C10H10FNOS. The van der Waals surface area contributed by atoms with Gasteiger partial charge in [-0.25, -0.2) is 4.39 Å². The molecule has 1 amide bonds. The molecule has 1 aromatic rings. The molecule has 1 saturated carbocycles. The van der Waals surface area contributed by atoms with Gasteiger partial charge >= 0.3 is 0 Å². The Morgan fingerprint density at radius 2 is 2.21 bits per heavy atom. The number of thiol groups is 1. The normalized spacial score (nSPS) is 15.3. The fraction of sp³-hybridized carbons (Fsp3) is 0.300. The van der Waals surface area contributed by atoms with E-state index < -0.39 is 5.82 Å². The zero-order valence-electron chi connectivity index (χ0n) is 7.46. The Balaban J connectivity index is 2.11. The summed E-state index contributed by atoms with van der Waals surface area (Å²) in [7, 11) is 0. The molecular weight excluding hydrogens is 201 g/mol. The number of benzene rings is 1. The molecule has 0 aromatic heterocycles. The molecule has 0 spiro atoms. The zero-order valence-corrected chi connectivity index (χ0v) is 8.35. The summed E-state index contributed by atoms with van der Waals surface area (Å²) < 4.78 is 13.2. The smallest absolute Gasteiger partial charge is 0.227 e. The highest BCUT2D eigenvalue weighted by molar-refractivity contribution is 7.80. The summed E-state index contributed by atoms with van der Waals surface area (Å²) in [5, 5.41) is 2.55. The maximum Gasteiger partial charge on any atom is 0.227 e. The minimum atomic E-state index is -0.438. The van der Waals surface area contributed by atoms with E-state index in [1.807, 2.05) is 0 Å². The van der Waals surface area contributed by atoms with Crippen molar-refractivity contribution < 1.29 is 9.18 Å². The van der Waals surface area contributed by atoms with Gasteiger partial charge in [0.05, 0.1) is 5.69 Å². The molecule has 0 unspecified atom stereocenters. The average molecular weight is 211 g/mol. The van der Waals surface area contributed by atoms with Gasteiger partial charge in [0.15, 0.2) is 0 Å². The number of carbonyl (C=O) groups excluding carboxylic acids is 1. The lowest BCUT2D eigenvalue weighted by atomic mass is 10.3. The van der Waals surface area contributed by atoms with E-state index in [4.69, 9.17) is 0 Å². The third-order valence-electron chi connectivity index (χ3n) is 2.16. The van der Waals surface area contributed by atoms with Crippen LogP contribution in [0.5, 0.6) is 0 Å². The molecule has 4 heteroatoms. The van der Waals surface area contributed by atoms with Crippen molar-refractivity contribution in [3.05, 3.63) is 24.0 Å². The molecule has 0 aliphatic heterocycles. The number of anilines is 1. The Labute approximate surface area is 86.9 Å². The lowest BCUT2D eigenvalue weighted by Crippen LogP contribution is -2.14. The van der Waals surface area contributed by atoms with Crippen molar-refractivity contribution in [2.45, 2.75) is 17.7 Å². The van der Waals surface area contributed by atoms with Gasteiger partial charge in [-0.3, -0.25) is 4.79 Å². The second kappa shape index (κ2) is 3.61. The molecule has 0 atom stereocenters. The molecule has 1 aromatic carbocycles. The summed E-state index contributed by atoms with van der Waals surface area (Å²) in [6, 6.07) is 4.46. The first kappa shape index (κ1) is 9.52. The Morgan fingerprint density at radius 1 is 1.50 bits per heavy atom. The second-order valence-corrected chi connectivity index (χ2v) is 3.94. The van der Waals surface area contributed by atoms with Crippen molar-refractivity contribution in [1.82, 2.24) is 0 Å². The van der Waals surface area contributed by atoms with E-state index in [1.54, 1.807) is 6.07 Å². The van der Waals surface area contributed by atoms with E-state index in [1.165, 1.54) is 12.1 Å². The highest BCUT2D eigenvalue weighted by Gasteiger charge is 2.29. The Kier molecular flexibility index (Phi) is 2.46. The molecule has 0 radical (unpaired) electrons. The molecule has 0 bridgehead atoms. The summed E-state index contributed by atoms with van der Waals surface area (Å²) in [6.07, 6.45) is 1.83. The monoisotopic (exact) mass is 211 g/mol. The molecule has 2 rings (SSSR count). The van der Waals surface area contributed by atoms with Gasteiger partial charge < -0.3 is 5.32 Å². The Bertz CT molecular complexity index is 376. The van der Waals surface area contributed by atoms with Crippen LogP contribution in [0, 0.1) is 11.7 Å². The fourth-order valence-corrected chi connectivity index (χ4v) is 1.37. The molecule has 1 N–H and O–H groups in total. The van der Waals surface area contributed by atoms with Crippen molar-refractivity contribution in [3.8, 4) is 0 Å². The summed E-state index contributed by atoms with van der Waals surface area (Å²) in [6.45, 7) is 0. The minimum absolute atomic E-state index is 0.0872. The molecule has 0 saturated heterocycles. The van der Waals surface area contributed by atoms with E-state index in [2.05, 4.69) is 17.9 Å². The average Bonchev–Trinajstić information content (AvgIpc) is 2.92. The van der Waals surface area contributed by atoms with Gasteiger partial charge in [0, 0.05) is 10.8 Å². The molecule has 1 aliphatic carbocycles. The van der Waals surface area contributed by atoms with Crippen LogP contribution in [0.1, 0.15) is 12.8 Å². The number of hydrogen-bond acceptors (Lipinski definition) is 2. The maximum atomic E-state index is 13.2. The van der Waals surface area contributed by atoms with Crippen molar-refractivity contribution >= 4 is 24.2 Å². The number of nitrogens with one attached hydrogen (secondary N) is 1. The van der Waals surface area contributed by atoms with Gasteiger partial charge in [0.2, 0.25) is 5.91 Å². The molecule has 0 heterocycles. The van der Waals surface area contributed by atoms with Crippen LogP contribution < -0.4 is 5.32 Å². The summed E-state index contributed by atoms with van der Waals surface area (Å²) >= 11 is 3.99. The van der Waals surface area contributed by atoms with Crippen LogP contribution in [-0.4, -0.2) is 5.91 Å². The first-order valence-electron chi connectivity index (χ1n) is 4.46. The molecule has 2 nitrogen and oxygen atoms in total. The first-order chi connectivity index (χ1) is 6.66. The first-order valence-corrected chi connectivity index (χ1v) is 4.91. The summed E-state index contributed by atoms with van der Waals surface area (Å²) in [4.78, 5) is 11.9. The maximum absolute atomic E-state index is 13.2. The van der Waals surface area contributed by atoms with E-state index in [-0.39, 0.29) is 17.5 Å². The molecule has 1 aliphatic rings. The topological polar surface area (TPSA) is 29.1 Å². The van der Waals surface area contributed by atoms with Crippen LogP contribution in [0.3, 0.4) is 0 Å². The van der Waals surface area contributed by atoms with E-state index in [0.29, 0.717) is 4.90 Å². The SMILES string of the molecule is O=C(Nc1ccc(S)cc1F)C1CC1. The molecule has 74 valence electrons. The molecule has 14 heavy (non-hydrogen) atoms. The predicted octanol–water partition coefficient (Wildman–Crippen LogP) is 2.46. The number of carbonyl (C=O) groups is 1. The van der Waals surface area contributed by atoms with Crippen LogP contribution in [0.2, 0.25) is 0 Å². The zero-order chi connectivity index (χ0) is 10.1. The van der Waals surface area contributed by atoms with E-state index >= 15 is 0 Å². The summed E-state index contributed by atoms with van der Waals surface area (Å²) in [5.74, 6) is -0.438. The molecule has 1 fully saturated rings.